The number of aliphatic hydroxyl groups is 1. The third-order valence-electron chi connectivity index (χ3n) is 0.683. The summed E-state index contributed by atoms with van der Waals surface area (Å²) in [7, 11) is 0. The van der Waals surface area contributed by atoms with Crippen LogP contribution in [-0.2, 0) is 0 Å². The summed E-state index contributed by atoms with van der Waals surface area (Å²) in [5.41, 5.74) is 0. The highest BCUT2D eigenvalue weighted by atomic mass is 35.5. The average Bonchev–Trinajstić information content (AvgIpc) is 1.67. The summed E-state index contributed by atoms with van der Waals surface area (Å²) in [6, 6.07) is 0. The van der Waals surface area contributed by atoms with Crippen molar-refractivity contribution in [1.29, 1.82) is 0 Å². The normalized spacial score (nSPS) is 18.0. The van der Waals surface area contributed by atoms with Gasteiger partial charge in [-0.15, -0.1) is 11.6 Å². The number of hydrogen-bond donors (Lipinski definition) is 1. The Kier molecular flexibility index (Phi) is 4.09. The number of aliphatic hydroxyl groups excluding tert-OH is 1. The first-order valence-electron chi connectivity index (χ1n) is 2.20. The van der Waals surface area contributed by atoms with Gasteiger partial charge >= 0.3 is 0 Å². The molecule has 8 heavy (non-hydrogen) atoms. The summed E-state index contributed by atoms with van der Waals surface area (Å²) < 4.78 is 22.8. The highest BCUT2D eigenvalue weighted by Crippen LogP contribution is 2.08. The van der Waals surface area contributed by atoms with Crippen LogP contribution in [0.15, 0.2) is 0 Å². The third-order valence-corrected chi connectivity index (χ3v) is 1.11. The molecule has 0 aromatic carbocycles. The summed E-state index contributed by atoms with van der Waals surface area (Å²) in [4.78, 5) is 0. The number of hydrogen-bond acceptors (Lipinski definition) is 1. The Hall–Kier alpha value is 0.110. The molecule has 0 aromatic rings. The zero-order valence-electron chi connectivity index (χ0n) is 4.15. The van der Waals surface area contributed by atoms with E-state index < -0.39 is 18.4 Å². The molecule has 50 valence electrons. The van der Waals surface area contributed by atoms with Gasteiger partial charge in [-0.05, 0) is 6.42 Å². The summed E-state index contributed by atoms with van der Waals surface area (Å²) >= 11 is 5.05. The van der Waals surface area contributed by atoms with Gasteiger partial charge in [0.1, 0.15) is 0 Å². The van der Waals surface area contributed by atoms with E-state index in [9.17, 15) is 8.78 Å². The van der Waals surface area contributed by atoms with Crippen molar-refractivity contribution in [2.45, 2.75) is 18.2 Å². The lowest BCUT2D eigenvalue weighted by atomic mass is 10.3. The molecule has 2 unspecified atom stereocenters. The van der Waals surface area contributed by atoms with E-state index in [-0.39, 0.29) is 6.42 Å². The van der Waals surface area contributed by atoms with Crippen molar-refractivity contribution in [3.05, 3.63) is 0 Å². The molecule has 0 aliphatic carbocycles. The lowest BCUT2D eigenvalue weighted by Gasteiger charge is -2.04. The maximum absolute atomic E-state index is 11.5. The SMILES string of the molecule is OC(F)C(Cl)CCF. The van der Waals surface area contributed by atoms with Gasteiger partial charge < -0.3 is 5.11 Å². The summed E-state index contributed by atoms with van der Waals surface area (Å²) in [5, 5.41) is 6.89. The average molecular weight is 145 g/mol. The van der Waals surface area contributed by atoms with Crippen LogP contribution in [0.2, 0.25) is 0 Å². The van der Waals surface area contributed by atoms with E-state index in [0.29, 0.717) is 0 Å². The van der Waals surface area contributed by atoms with Crippen LogP contribution in [0.3, 0.4) is 0 Å². The van der Waals surface area contributed by atoms with Crippen LogP contribution < -0.4 is 0 Å². The first-order valence-corrected chi connectivity index (χ1v) is 2.64. The highest BCUT2D eigenvalue weighted by Gasteiger charge is 2.13. The van der Waals surface area contributed by atoms with Crippen molar-refractivity contribution in [2.24, 2.45) is 0 Å². The molecule has 0 bridgehead atoms. The molecule has 0 spiro atoms. The third kappa shape index (κ3) is 3.16. The van der Waals surface area contributed by atoms with E-state index in [4.69, 9.17) is 16.7 Å². The summed E-state index contributed by atoms with van der Waals surface area (Å²) in [5.74, 6) is 0. The smallest absolute Gasteiger partial charge is 0.213 e. The second kappa shape index (κ2) is 4.04. The Bertz CT molecular complexity index is 60.0. The Morgan fingerprint density at radius 1 is 1.62 bits per heavy atom. The van der Waals surface area contributed by atoms with Crippen LogP contribution in [0.5, 0.6) is 0 Å². The molecular formula is C4H7ClF2O. The topological polar surface area (TPSA) is 20.2 Å². The fraction of sp³-hybridized carbons (Fsp3) is 1.00. The minimum atomic E-state index is -2.10. The van der Waals surface area contributed by atoms with Gasteiger partial charge in [0.25, 0.3) is 0 Å². The van der Waals surface area contributed by atoms with Gasteiger partial charge in [-0.3, -0.25) is 4.39 Å². The second-order valence-corrected chi connectivity index (χ2v) is 1.93. The van der Waals surface area contributed by atoms with E-state index in [1.807, 2.05) is 0 Å². The lowest BCUT2D eigenvalue weighted by molar-refractivity contribution is 0.0350. The van der Waals surface area contributed by atoms with Crippen molar-refractivity contribution in [2.75, 3.05) is 6.67 Å². The molecule has 0 fully saturated rings. The molecule has 0 aliphatic heterocycles. The summed E-state index contributed by atoms with van der Waals surface area (Å²) in [6.07, 6.45) is -2.24. The Morgan fingerprint density at radius 2 is 2.12 bits per heavy atom. The monoisotopic (exact) mass is 144 g/mol. The molecule has 0 saturated heterocycles. The Balaban J connectivity index is 3.17. The van der Waals surface area contributed by atoms with E-state index in [0.717, 1.165) is 0 Å². The fourth-order valence-electron chi connectivity index (χ4n) is 0.242. The number of rotatable bonds is 3. The van der Waals surface area contributed by atoms with Gasteiger partial charge in [0.05, 0.1) is 12.1 Å². The molecule has 0 amide bonds. The van der Waals surface area contributed by atoms with Crippen LogP contribution in [0.4, 0.5) is 8.78 Å². The van der Waals surface area contributed by atoms with E-state index in [1.54, 1.807) is 0 Å². The zero-order valence-corrected chi connectivity index (χ0v) is 4.91. The van der Waals surface area contributed by atoms with Crippen LogP contribution in [0, 0.1) is 0 Å². The highest BCUT2D eigenvalue weighted by molar-refractivity contribution is 6.20. The zero-order chi connectivity index (χ0) is 6.57. The maximum atomic E-state index is 11.5. The van der Waals surface area contributed by atoms with Gasteiger partial charge in [0, 0.05) is 0 Å². The van der Waals surface area contributed by atoms with Crippen molar-refractivity contribution >= 4 is 11.6 Å². The minimum Gasteiger partial charge on any atom is -0.363 e. The van der Waals surface area contributed by atoms with Crippen LogP contribution in [0.25, 0.3) is 0 Å². The first kappa shape index (κ1) is 8.11. The Labute approximate surface area is 51.3 Å². The van der Waals surface area contributed by atoms with E-state index >= 15 is 0 Å². The molecule has 1 nitrogen and oxygen atoms in total. The predicted octanol–water partition coefficient (Wildman–Crippen LogP) is 1.24. The standard InChI is InChI=1S/C4H7ClF2O/c5-3(1-2-6)4(7)8/h3-4,8H,1-2H2. The van der Waals surface area contributed by atoms with Crippen molar-refractivity contribution in [1.82, 2.24) is 0 Å². The summed E-state index contributed by atoms with van der Waals surface area (Å²) in [6.45, 7) is -0.699. The fourth-order valence-corrected chi connectivity index (χ4v) is 0.324. The van der Waals surface area contributed by atoms with Crippen molar-refractivity contribution < 1.29 is 13.9 Å². The van der Waals surface area contributed by atoms with Gasteiger partial charge in [-0.25, -0.2) is 4.39 Å². The molecule has 1 N–H and O–H groups in total. The molecule has 0 saturated carbocycles. The van der Waals surface area contributed by atoms with E-state index in [2.05, 4.69) is 0 Å². The first-order chi connectivity index (χ1) is 3.68. The maximum Gasteiger partial charge on any atom is 0.213 e. The minimum absolute atomic E-state index is 0.140. The molecular weight excluding hydrogens is 137 g/mol. The molecule has 0 aliphatic rings. The number of alkyl halides is 3. The largest absolute Gasteiger partial charge is 0.363 e. The van der Waals surface area contributed by atoms with Crippen LogP contribution >= 0.6 is 11.6 Å². The van der Waals surface area contributed by atoms with Gasteiger partial charge in [0.2, 0.25) is 6.36 Å². The van der Waals surface area contributed by atoms with Crippen LogP contribution in [0.1, 0.15) is 6.42 Å². The molecule has 2 atom stereocenters. The molecule has 0 rings (SSSR count). The van der Waals surface area contributed by atoms with Gasteiger partial charge in [-0.1, -0.05) is 0 Å². The molecule has 0 radical (unpaired) electrons. The lowest BCUT2D eigenvalue weighted by Crippen LogP contribution is -2.15. The Morgan fingerprint density at radius 3 is 2.25 bits per heavy atom. The number of halogens is 3. The quantitative estimate of drug-likeness (QED) is 0.591. The second-order valence-electron chi connectivity index (χ2n) is 1.37. The van der Waals surface area contributed by atoms with Gasteiger partial charge in [0.15, 0.2) is 0 Å². The molecule has 0 aromatic heterocycles. The van der Waals surface area contributed by atoms with Crippen LogP contribution in [-0.4, -0.2) is 23.5 Å². The van der Waals surface area contributed by atoms with Gasteiger partial charge in [-0.2, -0.15) is 0 Å². The molecule has 4 heteroatoms. The molecule has 0 heterocycles. The van der Waals surface area contributed by atoms with Crippen molar-refractivity contribution in [3.63, 3.8) is 0 Å². The van der Waals surface area contributed by atoms with E-state index in [1.165, 1.54) is 0 Å². The predicted molar refractivity (Wildman–Crippen MR) is 27.3 cm³/mol. The van der Waals surface area contributed by atoms with Crippen molar-refractivity contribution in [3.8, 4) is 0 Å².